The van der Waals surface area contributed by atoms with Crippen molar-refractivity contribution < 1.29 is 44.7 Å². The van der Waals surface area contributed by atoms with Crippen LogP contribution in [0.2, 0.25) is 0 Å². The second-order valence-corrected chi connectivity index (χ2v) is 9.74. The van der Waals surface area contributed by atoms with E-state index in [2.05, 4.69) is 34.1 Å². The third-order valence-electron chi connectivity index (χ3n) is 7.83. The van der Waals surface area contributed by atoms with E-state index in [0.29, 0.717) is 18.4 Å². The largest absolute Gasteiger partial charge is 0.479 e. The molecule has 11 nitrogen and oxygen atoms in total. The first-order valence-electron chi connectivity index (χ1n) is 12.0. The van der Waals surface area contributed by atoms with Crippen molar-refractivity contribution in [3.8, 4) is 0 Å². The van der Waals surface area contributed by atoms with Crippen molar-refractivity contribution in [2.24, 2.45) is 17.8 Å². The summed E-state index contributed by atoms with van der Waals surface area (Å²) in [7, 11) is 1.43. The number of hydrogen-bond donors (Lipinski definition) is 6. The number of methoxy groups -OCH3 is 1. The highest BCUT2D eigenvalue weighted by atomic mass is 16.5. The number of piperidine rings is 1. The number of H-pyrrole nitrogens is 1. The summed E-state index contributed by atoms with van der Waals surface area (Å²) in [6.45, 7) is 2.10. The molecule has 2 aromatic rings. The Morgan fingerprint density at radius 3 is 2.39 bits per heavy atom. The maximum atomic E-state index is 12.4. The lowest BCUT2D eigenvalue weighted by molar-refractivity contribution is -0.165. The number of hydrogen-bond acceptors (Lipinski definition) is 8. The average molecular weight is 505 g/mol. The Hall–Kier alpha value is -2.99. The molecule has 196 valence electrons. The van der Waals surface area contributed by atoms with Crippen LogP contribution < -0.4 is 0 Å². The molecule has 5 rings (SSSR count). The van der Waals surface area contributed by atoms with Gasteiger partial charge in [0.25, 0.3) is 0 Å². The molecular weight excluding hydrogens is 472 g/mol. The number of esters is 1. The van der Waals surface area contributed by atoms with Gasteiger partial charge in [0.1, 0.15) is 0 Å². The lowest BCUT2D eigenvalue weighted by Crippen LogP contribution is -2.53. The molecule has 1 aromatic carbocycles. The van der Waals surface area contributed by atoms with E-state index in [-0.39, 0.29) is 17.8 Å². The molecule has 2 unspecified atom stereocenters. The number of fused-ring (bicyclic) bond motifs is 6. The molecule has 6 N–H and O–H groups in total. The molecule has 3 heterocycles. The van der Waals surface area contributed by atoms with Gasteiger partial charge in [-0.2, -0.15) is 0 Å². The highest BCUT2D eigenvalue weighted by Crippen LogP contribution is 2.49. The Bertz CT molecular complexity index is 1110. The van der Waals surface area contributed by atoms with Crippen LogP contribution >= 0.6 is 0 Å². The topological polar surface area (TPSA) is 181 Å². The second kappa shape index (κ2) is 10.6. The van der Waals surface area contributed by atoms with E-state index in [1.807, 2.05) is 0 Å². The number of aromatic amines is 1. The van der Waals surface area contributed by atoms with Gasteiger partial charge >= 0.3 is 17.9 Å². The molecule has 0 bridgehead atoms. The number of carboxylic acid groups (broad SMARTS) is 2. The van der Waals surface area contributed by atoms with Crippen LogP contribution in [-0.4, -0.2) is 91.8 Å². The van der Waals surface area contributed by atoms with Gasteiger partial charge in [-0.15, -0.1) is 0 Å². The van der Waals surface area contributed by atoms with E-state index < -0.39 is 30.3 Å². The number of aliphatic hydroxyl groups is 3. The van der Waals surface area contributed by atoms with Gasteiger partial charge in [-0.25, -0.2) is 9.59 Å². The van der Waals surface area contributed by atoms with Gasteiger partial charge < -0.3 is 35.3 Å². The summed E-state index contributed by atoms with van der Waals surface area (Å²) in [6, 6.07) is 8.83. The molecule has 0 amide bonds. The average Bonchev–Trinajstić information content (AvgIpc) is 3.25. The fourth-order valence-electron chi connectivity index (χ4n) is 6.07. The van der Waals surface area contributed by atoms with E-state index in [1.54, 1.807) is 0 Å². The first kappa shape index (κ1) is 26.1. The van der Waals surface area contributed by atoms with Gasteiger partial charge in [0.2, 0.25) is 0 Å². The quantitative estimate of drug-likeness (QED) is 0.321. The number of carbonyl (C=O) groups excluding carboxylic acids is 1. The fraction of sp³-hybridized carbons (Fsp3) is 0.560. The third-order valence-corrected chi connectivity index (χ3v) is 7.83. The van der Waals surface area contributed by atoms with Crippen molar-refractivity contribution in [2.75, 3.05) is 20.2 Å². The fourth-order valence-corrected chi connectivity index (χ4v) is 6.07. The van der Waals surface area contributed by atoms with Crippen molar-refractivity contribution in [3.63, 3.8) is 0 Å². The summed E-state index contributed by atoms with van der Waals surface area (Å²) in [5, 5.41) is 44.3. The highest BCUT2D eigenvalue weighted by Gasteiger charge is 2.49. The monoisotopic (exact) mass is 504 g/mol. The zero-order valence-electron chi connectivity index (χ0n) is 19.9. The number of benzene rings is 1. The van der Waals surface area contributed by atoms with Crippen LogP contribution in [0.5, 0.6) is 0 Å². The zero-order chi connectivity index (χ0) is 26.1. The first-order valence-corrected chi connectivity index (χ1v) is 12.0. The Labute approximate surface area is 207 Å². The minimum absolute atomic E-state index is 0.199. The van der Waals surface area contributed by atoms with Gasteiger partial charge in [-0.05, 0) is 49.1 Å². The molecular formula is C25H32N2O9. The number of carboxylic acids is 2. The lowest BCUT2D eigenvalue weighted by atomic mass is 9.65. The second-order valence-electron chi connectivity index (χ2n) is 9.74. The summed E-state index contributed by atoms with van der Waals surface area (Å²) in [5.41, 5.74) is 3.96. The van der Waals surface area contributed by atoms with Gasteiger partial charge in [0, 0.05) is 29.7 Å². The normalized spacial score (nSPS) is 28.9. The predicted octanol–water partition coefficient (Wildman–Crippen LogP) is 0.524. The van der Waals surface area contributed by atoms with Crippen LogP contribution in [0, 0.1) is 17.8 Å². The first-order chi connectivity index (χ1) is 17.1. The van der Waals surface area contributed by atoms with Crippen molar-refractivity contribution in [3.05, 3.63) is 35.5 Å². The number of nitrogens with zero attached hydrogens (tertiary/aromatic N) is 1. The van der Waals surface area contributed by atoms with Crippen LogP contribution in [-0.2, 0) is 25.5 Å². The van der Waals surface area contributed by atoms with Gasteiger partial charge in [-0.3, -0.25) is 9.69 Å². The molecule has 1 aromatic heterocycles. The molecule has 36 heavy (non-hydrogen) atoms. The van der Waals surface area contributed by atoms with Crippen LogP contribution in [0.15, 0.2) is 24.3 Å². The van der Waals surface area contributed by atoms with Crippen LogP contribution in [0.1, 0.15) is 36.6 Å². The van der Waals surface area contributed by atoms with Crippen molar-refractivity contribution in [1.82, 2.24) is 9.88 Å². The van der Waals surface area contributed by atoms with E-state index in [4.69, 9.17) is 25.2 Å². The molecule has 3 aliphatic rings. The maximum Gasteiger partial charge on any atom is 0.335 e. The number of para-hydroxylation sites is 1. The molecule has 1 aliphatic carbocycles. The molecule has 0 spiro atoms. The van der Waals surface area contributed by atoms with Crippen molar-refractivity contribution in [1.29, 1.82) is 0 Å². The maximum absolute atomic E-state index is 12.4. The standard InChI is InChI=1S/C21H26N2O3.C4H6O6/c1-26-21(25)19-15-10-17-20-14(13-4-2-3-5-16(13)22-20)8-9-23(17)11-12(15)6-7-18(19)24;5-1(3(7)8)2(6)4(9)10/h2-5,12,15,17-19,22,24H,6-11H2,1H3;1-2,5-6H,(H,7,8)(H,9,10)/t12-,15-,17-,18-,19+;/m0./s1. The number of ether oxygens (including phenoxy) is 1. The minimum Gasteiger partial charge on any atom is -0.479 e. The zero-order valence-corrected chi connectivity index (χ0v) is 19.9. The van der Waals surface area contributed by atoms with Crippen LogP contribution in [0.4, 0.5) is 0 Å². The van der Waals surface area contributed by atoms with Crippen LogP contribution in [0.3, 0.4) is 0 Å². The predicted molar refractivity (Wildman–Crippen MR) is 126 cm³/mol. The Balaban J connectivity index is 0.000000261. The van der Waals surface area contributed by atoms with Gasteiger partial charge in [0.05, 0.1) is 25.2 Å². The van der Waals surface area contributed by atoms with E-state index in [0.717, 1.165) is 32.4 Å². The molecule has 11 heteroatoms. The number of aliphatic hydroxyl groups excluding tert-OH is 3. The van der Waals surface area contributed by atoms with Gasteiger partial charge in [0.15, 0.2) is 12.2 Å². The minimum atomic E-state index is -2.27. The van der Waals surface area contributed by atoms with Crippen LogP contribution in [0.25, 0.3) is 10.9 Å². The molecule has 2 aliphatic heterocycles. The van der Waals surface area contributed by atoms with Gasteiger partial charge in [-0.1, -0.05) is 18.2 Å². The Morgan fingerprint density at radius 1 is 1.08 bits per heavy atom. The number of carbonyl (C=O) groups is 3. The molecule has 1 saturated heterocycles. The van der Waals surface area contributed by atoms with E-state index in [1.165, 1.54) is 29.3 Å². The summed E-state index contributed by atoms with van der Waals surface area (Å²) in [5.74, 6) is -3.48. The summed E-state index contributed by atoms with van der Waals surface area (Å²) in [6.07, 6.45) is -1.40. The molecule has 1 saturated carbocycles. The highest BCUT2D eigenvalue weighted by molar-refractivity contribution is 5.85. The number of nitrogens with one attached hydrogen (secondary N) is 1. The summed E-state index contributed by atoms with van der Waals surface area (Å²) in [4.78, 5) is 38.2. The number of aromatic nitrogens is 1. The summed E-state index contributed by atoms with van der Waals surface area (Å²) >= 11 is 0. The molecule has 7 atom stereocenters. The van der Waals surface area contributed by atoms with E-state index >= 15 is 0 Å². The third kappa shape index (κ3) is 4.83. The number of aliphatic carboxylic acids is 2. The molecule has 2 fully saturated rings. The number of rotatable bonds is 4. The smallest absolute Gasteiger partial charge is 0.335 e. The van der Waals surface area contributed by atoms with E-state index in [9.17, 15) is 19.5 Å². The SMILES string of the molecule is COC(=O)[C@@H]1[C@H]2C[C@H]3c4[nH]c5ccccc5c4CCN3C[C@@H]2CC[C@@H]1O.O=C(O)C(O)C(O)C(=O)O. The van der Waals surface area contributed by atoms with Crippen molar-refractivity contribution >= 4 is 28.8 Å². The Kier molecular flexibility index (Phi) is 7.65. The van der Waals surface area contributed by atoms with Crippen molar-refractivity contribution in [2.45, 2.75) is 50.0 Å². The molecule has 0 radical (unpaired) electrons. The Morgan fingerprint density at radius 2 is 1.75 bits per heavy atom. The lowest BCUT2D eigenvalue weighted by Gasteiger charge is -2.50. The summed E-state index contributed by atoms with van der Waals surface area (Å²) < 4.78 is 5.04.